The Hall–Kier alpha value is -4.75. The summed E-state index contributed by atoms with van der Waals surface area (Å²) in [5.74, 6) is 0.587. The van der Waals surface area contributed by atoms with Crippen molar-refractivity contribution < 1.29 is 42.9 Å². The first-order chi connectivity index (χ1) is 23.6. The highest BCUT2D eigenvalue weighted by atomic mass is 16.6. The van der Waals surface area contributed by atoms with Crippen molar-refractivity contribution in [2.75, 3.05) is 44.8 Å². The van der Waals surface area contributed by atoms with E-state index in [4.69, 9.17) is 23.7 Å². The number of nitrogens with zero attached hydrogens (tertiary/aromatic N) is 2. The zero-order chi connectivity index (χ0) is 37.4. The second-order valence-electron chi connectivity index (χ2n) is 13.1. The fourth-order valence-electron chi connectivity index (χ4n) is 4.03. The SMILES string of the molecule is C=CCOC(=O)NCCCCCCCCN=C(NC(=O)OC(C)(C)C)N(CCCOc1ccc(NC(=O)OCC=C)cc1)C(=O)OC(C)(C)C. The molecule has 1 rings (SSSR count). The first-order valence-electron chi connectivity index (χ1n) is 17.0. The molecule has 0 atom stereocenters. The first-order valence-corrected chi connectivity index (χ1v) is 17.0. The van der Waals surface area contributed by atoms with Crippen LogP contribution in [0, 0.1) is 0 Å². The summed E-state index contributed by atoms with van der Waals surface area (Å²) in [5.41, 5.74) is -1.02. The van der Waals surface area contributed by atoms with Gasteiger partial charge in [0.2, 0.25) is 5.96 Å². The van der Waals surface area contributed by atoms with Crippen molar-refractivity contribution in [1.82, 2.24) is 15.5 Å². The number of unbranched alkanes of at least 4 members (excludes halogenated alkanes) is 5. The summed E-state index contributed by atoms with van der Waals surface area (Å²) in [4.78, 5) is 55.3. The van der Waals surface area contributed by atoms with Crippen LogP contribution in [0.25, 0.3) is 0 Å². The molecule has 14 nitrogen and oxygen atoms in total. The van der Waals surface area contributed by atoms with E-state index in [-0.39, 0.29) is 32.3 Å². The van der Waals surface area contributed by atoms with Crippen molar-refractivity contribution >= 4 is 36.0 Å². The number of carbonyl (C=O) groups is 4. The minimum atomic E-state index is -0.793. The number of hydrogen-bond acceptors (Lipinski definition) is 10. The highest BCUT2D eigenvalue weighted by molar-refractivity contribution is 6.01. The van der Waals surface area contributed by atoms with Crippen LogP contribution in [0.4, 0.5) is 24.9 Å². The topological polar surface area (TPSA) is 166 Å². The molecular weight excluding hydrogens is 646 g/mol. The van der Waals surface area contributed by atoms with Gasteiger partial charge in [-0.25, -0.2) is 24.1 Å². The first kappa shape index (κ1) is 43.3. The molecule has 1 aromatic rings. The Balaban J connectivity index is 2.83. The lowest BCUT2D eigenvalue weighted by Gasteiger charge is -2.29. The fourth-order valence-corrected chi connectivity index (χ4v) is 4.03. The zero-order valence-electron chi connectivity index (χ0n) is 30.6. The Morgan fingerprint density at radius 2 is 1.34 bits per heavy atom. The van der Waals surface area contributed by atoms with Crippen LogP contribution in [0.5, 0.6) is 5.75 Å². The van der Waals surface area contributed by atoms with Crippen LogP contribution in [0.2, 0.25) is 0 Å². The van der Waals surface area contributed by atoms with Crippen LogP contribution in [-0.4, -0.2) is 85.9 Å². The molecule has 0 bridgehead atoms. The van der Waals surface area contributed by atoms with E-state index in [1.807, 2.05) is 0 Å². The van der Waals surface area contributed by atoms with Gasteiger partial charge in [-0.3, -0.25) is 15.6 Å². The molecule has 3 N–H and O–H groups in total. The van der Waals surface area contributed by atoms with Gasteiger partial charge in [0.1, 0.15) is 30.2 Å². The molecule has 0 radical (unpaired) electrons. The molecule has 0 unspecified atom stereocenters. The molecular formula is C36H57N5O9. The van der Waals surface area contributed by atoms with Crippen molar-refractivity contribution in [3.8, 4) is 5.75 Å². The highest BCUT2D eigenvalue weighted by Gasteiger charge is 2.28. The lowest BCUT2D eigenvalue weighted by Crippen LogP contribution is -2.50. The summed E-state index contributed by atoms with van der Waals surface area (Å²) in [6, 6.07) is 6.75. The quantitative estimate of drug-likeness (QED) is 0.0433. The van der Waals surface area contributed by atoms with Gasteiger partial charge in [0, 0.05) is 25.3 Å². The van der Waals surface area contributed by atoms with Gasteiger partial charge >= 0.3 is 24.4 Å². The van der Waals surface area contributed by atoms with Crippen LogP contribution in [0.15, 0.2) is 54.6 Å². The van der Waals surface area contributed by atoms with E-state index >= 15 is 0 Å². The second kappa shape index (κ2) is 23.6. The molecule has 0 heterocycles. The molecule has 0 aliphatic carbocycles. The van der Waals surface area contributed by atoms with E-state index in [0.717, 1.165) is 38.5 Å². The van der Waals surface area contributed by atoms with E-state index in [9.17, 15) is 19.2 Å². The minimum absolute atomic E-state index is 0.0293. The number of benzene rings is 1. The molecule has 0 fully saturated rings. The van der Waals surface area contributed by atoms with E-state index in [2.05, 4.69) is 34.1 Å². The zero-order valence-corrected chi connectivity index (χ0v) is 30.6. The predicted octanol–water partition coefficient (Wildman–Crippen LogP) is 7.56. The van der Waals surface area contributed by atoms with Gasteiger partial charge in [-0.2, -0.15) is 0 Å². The molecule has 280 valence electrons. The lowest BCUT2D eigenvalue weighted by molar-refractivity contribution is 0.0352. The molecule has 1 aromatic carbocycles. The Labute approximate surface area is 297 Å². The number of nitrogens with one attached hydrogen (secondary N) is 3. The van der Waals surface area contributed by atoms with Gasteiger partial charge in [0.25, 0.3) is 0 Å². The average molecular weight is 704 g/mol. The number of amides is 4. The van der Waals surface area contributed by atoms with Gasteiger partial charge in [-0.15, -0.1) is 0 Å². The molecule has 0 aliphatic heterocycles. The number of rotatable bonds is 19. The molecule has 0 aromatic heterocycles. The van der Waals surface area contributed by atoms with Crippen molar-refractivity contribution in [1.29, 1.82) is 0 Å². The Morgan fingerprint density at radius 1 is 0.760 bits per heavy atom. The maximum Gasteiger partial charge on any atom is 0.417 e. The van der Waals surface area contributed by atoms with Crippen molar-refractivity contribution in [3.05, 3.63) is 49.6 Å². The van der Waals surface area contributed by atoms with Crippen LogP contribution in [0.1, 0.15) is 86.5 Å². The molecule has 0 spiro atoms. The molecule has 0 saturated heterocycles. The third-order valence-corrected chi connectivity index (χ3v) is 6.16. The number of ether oxygens (including phenoxy) is 5. The number of alkyl carbamates (subject to hydrolysis) is 2. The molecule has 50 heavy (non-hydrogen) atoms. The van der Waals surface area contributed by atoms with Gasteiger partial charge in [-0.1, -0.05) is 51.0 Å². The van der Waals surface area contributed by atoms with Crippen LogP contribution >= 0.6 is 0 Å². The second-order valence-corrected chi connectivity index (χ2v) is 13.1. The van der Waals surface area contributed by atoms with Crippen LogP contribution < -0.4 is 20.7 Å². The maximum absolute atomic E-state index is 13.4. The third kappa shape index (κ3) is 22.0. The van der Waals surface area contributed by atoms with Crippen molar-refractivity contribution in [2.24, 2.45) is 4.99 Å². The number of aliphatic imine (C=N–C) groups is 1. The van der Waals surface area contributed by atoms with E-state index in [0.29, 0.717) is 30.9 Å². The van der Waals surface area contributed by atoms with Crippen LogP contribution in [-0.2, 0) is 18.9 Å². The molecule has 0 saturated carbocycles. The summed E-state index contributed by atoms with van der Waals surface area (Å²) in [7, 11) is 0. The molecule has 0 aliphatic rings. The van der Waals surface area contributed by atoms with E-state index in [1.165, 1.54) is 17.1 Å². The van der Waals surface area contributed by atoms with Gasteiger partial charge < -0.3 is 29.0 Å². The summed E-state index contributed by atoms with van der Waals surface area (Å²) in [6.45, 7) is 19.1. The fraction of sp³-hybridized carbons (Fsp3) is 0.583. The molecule has 14 heteroatoms. The number of guanidine groups is 1. The molecule has 4 amide bonds. The number of hydrogen-bond donors (Lipinski definition) is 3. The summed E-state index contributed by atoms with van der Waals surface area (Å²) in [6.07, 6.45) is 6.28. The lowest BCUT2D eigenvalue weighted by atomic mass is 10.1. The normalized spacial score (nSPS) is 11.4. The largest absolute Gasteiger partial charge is 0.494 e. The predicted molar refractivity (Wildman–Crippen MR) is 194 cm³/mol. The highest BCUT2D eigenvalue weighted by Crippen LogP contribution is 2.17. The summed E-state index contributed by atoms with van der Waals surface area (Å²) < 4.78 is 26.8. The Bertz CT molecular complexity index is 1240. The monoisotopic (exact) mass is 703 g/mol. The van der Waals surface area contributed by atoms with Gasteiger partial charge in [0.05, 0.1) is 6.61 Å². The number of anilines is 1. The standard InChI is InChI=1S/C36H57N5O9/c1-9-25-47-31(42)38-23-16-14-12-11-13-15-22-37-30(40-33(44)49-35(3,4)5)41(34(45)50-36(6,7)8)24-17-27-46-29-20-18-28(19-21-29)39-32(43)48-26-10-2/h9-10,18-21H,1-2,11-17,22-27H2,3-8H3,(H,38,42)(H,39,43)(H,37,40,44). The minimum Gasteiger partial charge on any atom is -0.494 e. The summed E-state index contributed by atoms with van der Waals surface area (Å²) in [5, 5.41) is 7.96. The van der Waals surface area contributed by atoms with E-state index in [1.54, 1.807) is 65.8 Å². The van der Waals surface area contributed by atoms with Crippen molar-refractivity contribution in [2.45, 2.75) is 97.7 Å². The van der Waals surface area contributed by atoms with Gasteiger partial charge in [0.15, 0.2) is 0 Å². The van der Waals surface area contributed by atoms with Crippen LogP contribution in [0.3, 0.4) is 0 Å². The third-order valence-electron chi connectivity index (χ3n) is 6.16. The average Bonchev–Trinajstić information content (AvgIpc) is 3.02. The number of carbonyl (C=O) groups excluding carboxylic acids is 4. The van der Waals surface area contributed by atoms with E-state index < -0.39 is 35.6 Å². The maximum atomic E-state index is 13.4. The Kier molecular flexibility index (Phi) is 20.4. The smallest absolute Gasteiger partial charge is 0.417 e. The van der Waals surface area contributed by atoms with Gasteiger partial charge in [-0.05, 0) is 85.1 Å². The Morgan fingerprint density at radius 3 is 1.94 bits per heavy atom. The summed E-state index contributed by atoms with van der Waals surface area (Å²) >= 11 is 0. The van der Waals surface area contributed by atoms with Crippen molar-refractivity contribution in [3.63, 3.8) is 0 Å².